The number of carbonyl (C=O) groups is 1. The number of benzene rings is 2. The summed E-state index contributed by atoms with van der Waals surface area (Å²) in [6.07, 6.45) is 0.569. The Morgan fingerprint density at radius 2 is 1.96 bits per heavy atom. The zero-order chi connectivity index (χ0) is 18.7. The van der Waals surface area contributed by atoms with Crippen LogP contribution in [0.1, 0.15) is 16.1 Å². The number of aryl methyl sites for hydroxylation is 1. The molecule has 7 heteroatoms. The first-order chi connectivity index (χ1) is 12.5. The molecule has 3 rings (SSSR count). The van der Waals surface area contributed by atoms with E-state index in [1.54, 1.807) is 43.4 Å². The SMILES string of the molecule is Cn1nc(-c2ccccc2F)cc1C(=O)NCCc1ccc(Cl)cc1Cl. The van der Waals surface area contributed by atoms with Crippen LogP contribution in [0.15, 0.2) is 48.5 Å². The lowest BCUT2D eigenvalue weighted by atomic mass is 10.1. The van der Waals surface area contributed by atoms with Crippen LogP contribution in [0.25, 0.3) is 11.3 Å². The van der Waals surface area contributed by atoms with Gasteiger partial charge in [-0.2, -0.15) is 5.10 Å². The van der Waals surface area contributed by atoms with Gasteiger partial charge in [0.2, 0.25) is 0 Å². The first-order valence-corrected chi connectivity index (χ1v) is 8.72. The number of nitrogens with one attached hydrogen (secondary N) is 1. The van der Waals surface area contributed by atoms with Crippen molar-refractivity contribution in [1.29, 1.82) is 0 Å². The molecular weight excluding hydrogens is 376 g/mol. The van der Waals surface area contributed by atoms with Crippen molar-refractivity contribution in [2.24, 2.45) is 7.05 Å². The van der Waals surface area contributed by atoms with Crippen LogP contribution >= 0.6 is 23.2 Å². The lowest BCUT2D eigenvalue weighted by Crippen LogP contribution is -2.27. The second kappa shape index (κ2) is 7.89. The number of hydrogen-bond acceptors (Lipinski definition) is 2. The molecule has 0 spiro atoms. The van der Waals surface area contributed by atoms with Crippen LogP contribution < -0.4 is 5.32 Å². The number of rotatable bonds is 5. The van der Waals surface area contributed by atoms with Crippen molar-refractivity contribution >= 4 is 29.1 Å². The van der Waals surface area contributed by atoms with Crippen LogP contribution in [0, 0.1) is 5.82 Å². The molecule has 2 aromatic carbocycles. The minimum Gasteiger partial charge on any atom is -0.350 e. The number of nitrogens with zero attached hydrogens (tertiary/aromatic N) is 2. The molecule has 3 aromatic rings. The second-order valence-electron chi connectivity index (χ2n) is 5.76. The van der Waals surface area contributed by atoms with Crippen molar-refractivity contribution in [3.63, 3.8) is 0 Å². The molecule has 0 saturated heterocycles. The molecule has 0 aliphatic rings. The highest BCUT2D eigenvalue weighted by atomic mass is 35.5. The Hall–Kier alpha value is -2.37. The number of halogens is 3. The number of aromatic nitrogens is 2. The average molecular weight is 392 g/mol. The van der Waals surface area contributed by atoms with Crippen molar-refractivity contribution in [2.75, 3.05) is 6.54 Å². The van der Waals surface area contributed by atoms with Gasteiger partial charge in [-0.1, -0.05) is 41.4 Å². The van der Waals surface area contributed by atoms with E-state index < -0.39 is 0 Å². The van der Waals surface area contributed by atoms with Crippen molar-refractivity contribution in [2.45, 2.75) is 6.42 Å². The summed E-state index contributed by atoms with van der Waals surface area (Å²) in [5, 5.41) is 8.19. The van der Waals surface area contributed by atoms with E-state index in [4.69, 9.17) is 23.2 Å². The zero-order valence-electron chi connectivity index (χ0n) is 14.0. The monoisotopic (exact) mass is 391 g/mol. The standard InChI is InChI=1S/C19H16Cl2FN3O/c1-25-18(11-17(24-25)14-4-2-3-5-16(14)22)19(26)23-9-8-12-6-7-13(20)10-15(12)21/h2-7,10-11H,8-9H2,1H3,(H,23,26). The molecule has 0 bridgehead atoms. The second-order valence-corrected chi connectivity index (χ2v) is 6.60. The quantitative estimate of drug-likeness (QED) is 0.695. The van der Waals surface area contributed by atoms with E-state index in [9.17, 15) is 9.18 Å². The molecule has 0 radical (unpaired) electrons. The smallest absolute Gasteiger partial charge is 0.269 e. The van der Waals surface area contributed by atoms with Crippen molar-refractivity contribution in [3.05, 3.63) is 75.7 Å². The lowest BCUT2D eigenvalue weighted by molar-refractivity contribution is 0.0944. The van der Waals surface area contributed by atoms with E-state index in [1.165, 1.54) is 10.7 Å². The van der Waals surface area contributed by atoms with Crippen LogP contribution in [0.3, 0.4) is 0 Å². The van der Waals surface area contributed by atoms with E-state index in [0.717, 1.165) is 5.56 Å². The normalized spacial score (nSPS) is 10.8. The molecule has 26 heavy (non-hydrogen) atoms. The topological polar surface area (TPSA) is 46.9 Å². The molecule has 0 aliphatic heterocycles. The van der Waals surface area contributed by atoms with E-state index in [0.29, 0.717) is 40.0 Å². The van der Waals surface area contributed by atoms with Gasteiger partial charge >= 0.3 is 0 Å². The van der Waals surface area contributed by atoms with Gasteiger partial charge in [0, 0.05) is 29.2 Å². The fourth-order valence-corrected chi connectivity index (χ4v) is 3.11. The predicted molar refractivity (Wildman–Crippen MR) is 101 cm³/mol. The van der Waals surface area contributed by atoms with Gasteiger partial charge in [0.1, 0.15) is 11.5 Å². The van der Waals surface area contributed by atoms with Gasteiger partial charge in [-0.3, -0.25) is 9.48 Å². The number of carbonyl (C=O) groups excluding carboxylic acids is 1. The maximum absolute atomic E-state index is 13.9. The molecule has 1 aromatic heterocycles. The first-order valence-electron chi connectivity index (χ1n) is 7.97. The predicted octanol–water partition coefficient (Wildman–Crippen LogP) is 4.51. The van der Waals surface area contributed by atoms with Crippen LogP contribution in [0.2, 0.25) is 10.0 Å². The highest BCUT2D eigenvalue weighted by Gasteiger charge is 2.16. The third-order valence-electron chi connectivity index (χ3n) is 3.96. The largest absolute Gasteiger partial charge is 0.350 e. The van der Waals surface area contributed by atoms with E-state index in [2.05, 4.69) is 10.4 Å². The summed E-state index contributed by atoms with van der Waals surface area (Å²) in [7, 11) is 1.65. The lowest BCUT2D eigenvalue weighted by Gasteiger charge is -2.07. The van der Waals surface area contributed by atoms with E-state index >= 15 is 0 Å². The molecule has 4 nitrogen and oxygen atoms in total. The fraction of sp³-hybridized carbons (Fsp3) is 0.158. The minimum absolute atomic E-state index is 0.285. The van der Waals surface area contributed by atoms with Crippen molar-refractivity contribution in [3.8, 4) is 11.3 Å². The summed E-state index contributed by atoms with van der Waals surface area (Å²) >= 11 is 12.0. The average Bonchev–Trinajstić information content (AvgIpc) is 2.99. The molecule has 0 saturated carbocycles. The fourth-order valence-electron chi connectivity index (χ4n) is 2.61. The molecule has 0 unspecified atom stereocenters. The Kier molecular flexibility index (Phi) is 5.59. The van der Waals surface area contributed by atoms with E-state index in [1.807, 2.05) is 6.07 Å². The molecule has 1 heterocycles. The van der Waals surface area contributed by atoms with Gasteiger partial charge in [0.05, 0.1) is 5.69 Å². The van der Waals surface area contributed by atoms with Gasteiger partial charge < -0.3 is 5.32 Å². The zero-order valence-corrected chi connectivity index (χ0v) is 15.5. The first kappa shape index (κ1) is 18.4. The Labute approximate surface area is 160 Å². The summed E-state index contributed by atoms with van der Waals surface area (Å²) in [5.41, 5.74) is 2.02. The molecular formula is C19H16Cl2FN3O. The van der Waals surface area contributed by atoms with Crippen LogP contribution in [0.4, 0.5) is 4.39 Å². The molecule has 134 valence electrons. The number of hydrogen-bond donors (Lipinski definition) is 1. The Bertz CT molecular complexity index is 956. The molecule has 1 amide bonds. The van der Waals surface area contributed by atoms with Gasteiger partial charge in [-0.25, -0.2) is 4.39 Å². The van der Waals surface area contributed by atoms with Crippen LogP contribution in [-0.2, 0) is 13.5 Å². The summed E-state index contributed by atoms with van der Waals surface area (Å²) < 4.78 is 15.3. The third-order valence-corrected chi connectivity index (χ3v) is 4.54. The Morgan fingerprint density at radius 3 is 2.69 bits per heavy atom. The molecule has 0 fully saturated rings. The Morgan fingerprint density at radius 1 is 1.19 bits per heavy atom. The van der Waals surface area contributed by atoms with Gasteiger partial charge in [0.25, 0.3) is 5.91 Å². The summed E-state index contributed by atoms with van der Waals surface area (Å²) in [6, 6.07) is 13.1. The molecule has 1 N–H and O–H groups in total. The van der Waals surface area contributed by atoms with Crippen molar-refractivity contribution in [1.82, 2.24) is 15.1 Å². The molecule has 0 atom stereocenters. The maximum atomic E-state index is 13.9. The summed E-state index contributed by atoms with van der Waals surface area (Å²) in [5.74, 6) is -0.664. The third kappa shape index (κ3) is 4.06. The van der Waals surface area contributed by atoms with Crippen molar-refractivity contribution < 1.29 is 9.18 Å². The minimum atomic E-state index is -0.380. The summed E-state index contributed by atoms with van der Waals surface area (Å²) in [4.78, 5) is 12.4. The highest BCUT2D eigenvalue weighted by molar-refractivity contribution is 6.35. The van der Waals surface area contributed by atoms with Gasteiger partial charge in [-0.05, 0) is 42.3 Å². The highest BCUT2D eigenvalue weighted by Crippen LogP contribution is 2.22. The van der Waals surface area contributed by atoms with Crippen LogP contribution in [0.5, 0.6) is 0 Å². The van der Waals surface area contributed by atoms with Crippen LogP contribution in [-0.4, -0.2) is 22.2 Å². The van der Waals surface area contributed by atoms with E-state index in [-0.39, 0.29) is 11.7 Å². The maximum Gasteiger partial charge on any atom is 0.269 e. The van der Waals surface area contributed by atoms with Gasteiger partial charge in [0.15, 0.2) is 0 Å². The number of amides is 1. The molecule has 0 aliphatic carbocycles. The van der Waals surface area contributed by atoms with Gasteiger partial charge in [-0.15, -0.1) is 0 Å². The summed E-state index contributed by atoms with van der Waals surface area (Å²) in [6.45, 7) is 0.403. The Balaban J connectivity index is 1.68.